The molecule has 1 heterocycles. The van der Waals surface area contributed by atoms with Crippen LogP contribution in [0, 0.1) is 10.1 Å². The van der Waals surface area contributed by atoms with E-state index in [2.05, 4.69) is 4.99 Å². The van der Waals surface area contributed by atoms with Gasteiger partial charge in [0.15, 0.2) is 4.80 Å². The van der Waals surface area contributed by atoms with Crippen molar-refractivity contribution in [1.82, 2.24) is 4.57 Å². The summed E-state index contributed by atoms with van der Waals surface area (Å²) in [4.78, 5) is 16.2. The second kappa shape index (κ2) is 7.87. The number of nitro groups is 1. The molecule has 0 amide bonds. The van der Waals surface area contributed by atoms with E-state index in [4.69, 9.17) is 4.74 Å². The summed E-state index contributed by atoms with van der Waals surface area (Å²) in [6.45, 7) is 1.14. The first-order valence-electron chi connectivity index (χ1n) is 7.71. The highest BCUT2D eigenvalue weighted by Gasteiger charge is 2.12. The van der Waals surface area contributed by atoms with Crippen LogP contribution < -0.4 is 4.80 Å². The monoisotopic (exact) mass is 355 g/mol. The second-order valence-corrected chi connectivity index (χ2v) is 6.14. The first-order chi connectivity index (χ1) is 12.2. The minimum absolute atomic E-state index is 0.0727. The lowest BCUT2D eigenvalue weighted by atomic mass is 10.1. The van der Waals surface area contributed by atoms with Gasteiger partial charge >= 0.3 is 0 Å². The van der Waals surface area contributed by atoms with Gasteiger partial charge in [-0.05, 0) is 12.1 Å². The number of aromatic nitrogens is 1. The third-order valence-electron chi connectivity index (χ3n) is 3.65. The molecule has 0 fully saturated rings. The van der Waals surface area contributed by atoms with Gasteiger partial charge in [-0.1, -0.05) is 30.3 Å². The summed E-state index contributed by atoms with van der Waals surface area (Å²) < 4.78 is 7.24. The van der Waals surface area contributed by atoms with Crippen molar-refractivity contribution < 1.29 is 9.66 Å². The Kier molecular flexibility index (Phi) is 5.37. The van der Waals surface area contributed by atoms with E-state index < -0.39 is 0 Å². The lowest BCUT2D eigenvalue weighted by molar-refractivity contribution is -0.384. The van der Waals surface area contributed by atoms with E-state index in [0.29, 0.717) is 13.2 Å². The van der Waals surface area contributed by atoms with Gasteiger partial charge in [0.2, 0.25) is 0 Å². The summed E-state index contributed by atoms with van der Waals surface area (Å²) in [5.74, 6) is 0. The molecule has 0 spiro atoms. The average molecular weight is 355 g/mol. The van der Waals surface area contributed by atoms with Gasteiger partial charge < -0.3 is 9.30 Å². The quantitative estimate of drug-likeness (QED) is 0.496. The average Bonchev–Trinajstić information content (AvgIpc) is 3.03. The van der Waals surface area contributed by atoms with Crippen molar-refractivity contribution in [2.45, 2.75) is 6.54 Å². The fourth-order valence-electron chi connectivity index (χ4n) is 2.44. The predicted molar refractivity (Wildman–Crippen MR) is 97.9 cm³/mol. The van der Waals surface area contributed by atoms with Gasteiger partial charge in [0.25, 0.3) is 5.69 Å². The topological polar surface area (TPSA) is 69.7 Å². The molecule has 1 aromatic heterocycles. The Hall–Kier alpha value is -2.77. The highest BCUT2D eigenvalue weighted by molar-refractivity contribution is 7.07. The van der Waals surface area contributed by atoms with Crippen LogP contribution in [0.1, 0.15) is 0 Å². The summed E-state index contributed by atoms with van der Waals surface area (Å²) >= 11 is 1.50. The molecule has 3 aromatic rings. The van der Waals surface area contributed by atoms with Crippen LogP contribution in [0.15, 0.2) is 65.0 Å². The number of non-ortho nitro benzene ring substituents is 1. The fourth-order valence-corrected chi connectivity index (χ4v) is 3.40. The van der Waals surface area contributed by atoms with E-state index in [0.717, 1.165) is 21.7 Å². The molecule has 0 saturated heterocycles. The number of ether oxygens (including phenoxy) is 1. The van der Waals surface area contributed by atoms with E-state index >= 15 is 0 Å². The summed E-state index contributed by atoms with van der Waals surface area (Å²) in [6.07, 6.45) is 0. The van der Waals surface area contributed by atoms with Crippen LogP contribution in [0.2, 0.25) is 0 Å². The first kappa shape index (κ1) is 17.1. The summed E-state index contributed by atoms with van der Waals surface area (Å²) in [7, 11) is 1.65. The molecule has 0 unspecified atom stereocenters. The first-order valence-corrected chi connectivity index (χ1v) is 8.59. The van der Waals surface area contributed by atoms with Gasteiger partial charge in [0, 0.05) is 36.7 Å². The van der Waals surface area contributed by atoms with Crippen molar-refractivity contribution >= 4 is 22.7 Å². The van der Waals surface area contributed by atoms with Crippen molar-refractivity contribution in [2.75, 3.05) is 13.7 Å². The molecular weight excluding hydrogens is 338 g/mol. The van der Waals surface area contributed by atoms with Crippen LogP contribution in [0.4, 0.5) is 11.4 Å². The molecule has 0 N–H and O–H groups in total. The Labute approximate surface area is 148 Å². The number of para-hydroxylation sites is 1. The summed E-state index contributed by atoms with van der Waals surface area (Å²) in [6, 6.07) is 16.3. The number of nitrogens with zero attached hydrogens (tertiary/aromatic N) is 3. The van der Waals surface area contributed by atoms with Crippen LogP contribution in [0.25, 0.3) is 11.3 Å². The molecule has 0 aliphatic rings. The number of benzene rings is 2. The molecule has 0 saturated carbocycles. The molecule has 0 radical (unpaired) electrons. The maximum absolute atomic E-state index is 11.1. The van der Waals surface area contributed by atoms with Crippen LogP contribution in [-0.2, 0) is 11.3 Å². The fraction of sp³-hybridized carbons (Fsp3) is 0.167. The maximum Gasteiger partial charge on any atom is 0.270 e. The molecule has 0 aliphatic heterocycles. The third-order valence-corrected chi connectivity index (χ3v) is 4.51. The van der Waals surface area contributed by atoms with Crippen LogP contribution in [0.3, 0.4) is 0 Å². The normalized spacial score (nSPS) is 11.6. The number of hydrogen-bond acceptors (Lipinski definition) is 5. The van der Waals surface area contributed by atoms with E-state index in [1.54, 1.807) is 19.2 Å². The molecule has 128 valence electrons. The van der Waals surface area contributed by atoms with Gasteiger partial charge in [0.1, 0.15) is 0 Å². The Bertz CT molecular complexity index is 932. The molecule has 0 atom stereocenters. The summed E-state index contributed by atoms with van der Waals surface area (Å²) in [5, 5.41) is 13.0. The zero-order valence-corrected chi connectivity index (χ0v) is 14.5. The Morgan fingerprint density at radius 3 is 2.72 bits per heavy atom. The van der Waals surface area contributed by atoms with Crippen molar-refractivity contribution in [3.05, 3.63) is 74.9 Å². The number of methoxy groups -OCH3 is 1. The molecule has 25 heavy (non-hydrogen) atoms. The number of rotatable bonds is 6. The Morgan fingerprint density at radius 1 is 1.20 bits per heavy atom. The lowest BCUT2D eigenvalue weighted by Gasteiger charge is -2.08. The molecule has 3 rings (SSSR count). The lowest BCUT2D eigenvalue weighted by Crippen LogP contribution is -2.18. The molecular formula is C18H17N3O3S. The maximum atomic E-state index is 11.1. The predicted octanol–water partition coefficient (Wildman–Crippen LogP) is 4.00. The van der Waals surface area contributed by atoms with Crippen LogP contribution >= 0.6 is 11.3 Å². The zero-order valence-electron chi connectivity index (χ0n) is 13.7. The smallest absolute Gasteiger partial charge is 0.270 e. The van der Waals surface area contributed by atoms with Gasteiger partial charge in [-0.25, -0.2) is 4.99 Å². The largest absolute Gasteiger partial charge is 0.383 e. The van der Waals surface area contributed by atoms with Gasteiger partial charge in [-0.2, -0.15) is 0 Å². The van der Waals surface area contributed by atoms with Crippen molar-refractivity contribution in [2.24, 2.45) is 4.99 Å². The van der Waals surface area contributed by atoms with Crippen LogP contribution in [-0.4, -0.2) is 23.2 Å². The van der Waals surface area contributed by atoms with Crippen molar-refractivity contribution in [3.63, 3.8) is 0 Å². The Morgan fingerprint density at radius 2 is 2.00 bits per heavy atom. The highest BCUT2D eigenvalue weighted by Crippen LogP contribution is 2.24. The molecule has 0 bridgehead atoms. The van der Waals surface area contributed by atoms with Crippen molar-refractivity contribution in [3.8, 4) is 11.3 Å². The van der Waals surface area contributed by atoms with E-state index in [1.807, 2.05) is 46.3 Å². The minimum atomic E-state index is -0.384. The molecule has 7 heteroatoms. The Balaban J connectivity index is 2.10. The number of hydrogen-bond donors (Lipinski definition) is 0. The second-order valence-electron chi connectivity index (χ2n) is 5.30. The highest BCUT2D eigenvalue weighted by atomic mass is 32.1. The van der Waals surface area contributed by atoms with E-state index in [-0.39, 0.29) is 10.6 Å². The van der Waals surface area contributed by atoms with Crippen molar-refractivity contribution in [1.29, 1.82) is 0 Å². The van der Waals surface area contributed by atoms with E-state index in [9.17, 15) is 10.1 Å². The van der Waals surface area contributed by atoms with Gasteiger partial charge in [-0.15, -0.1) is 11.3 Å². The zero-order chi connectivity index (χ0) is 17.6. The molecule has 0 aliphatic carbocycles. The summed E-state index contributed by atoms with van der Waals surface area (Å²) in [5.41, 5.74) is 2.61. The number of nitro benzene ring substituents is 1. The van der Waals surface area contributed by atoms with E-state index in [1.165, 1.54) is 17.4 Å². The third kappa shape index (κ3) is 4.01. The number of thiazole rings is 1. The molecule has 2 aromatic carbocycles. The standard InChI is InChI=1S/C18H17N3O3S/c1-24-11-10-20-17(14-6-5-9-16(12-14)21(22)23)13-25-18(20)19-15-7-3-2-4-8-15/h2-9,12-13H,10-11H2,1H3. The van der Waals surface area contributed by atoms with Crippen LogP contribution in [0.5, 0.6) is 0 Å². The SMILES string of the molecule is COCCn1c(-c2cccc([N+](=O)[O-])c2)csc1=Nc1ccccc1. The van der Waals surface area contributed by atoms with Gasteiger partial charge in [-0.3, -0.25) is 10.1 Å². The van der Waals surface area contributed by atoms with Gasteiger partial charge in [0.05, 0.1) is 22.9 Å². The minimum Gasteiger partial charge on any atom is -0.383 e. The molecule has 6 nitrogen and oxygen atoms in total.